The monoisotopic (exact) mass is 373 g/mol. The lowest BCUT2D eigenvalue weighted by molar-refractivity contribution is -0.117. The molecule has 8 heteroatoms. The van der Waals surface area contributed by atoms with Gasteiger partial charge >= 0.3 is 6.03 Å². The van der Waals surface area contributed by atoms with E-state index in [4.69, 9.17) is 0 Å². The Morgan fingerprint density at radius 1 is 1.35 bits per heavy atom. The van der Waals surface area contributed by atoms with Gasteiger partial charge in [0, 0.05) is 43.3 Å². The Bertz CT molecular complexity index is 787. The highest BCUT2D eigenvalue weighted by molar-refractivity contribution is 7.13. The molecule has 1 saturated heterocycles. The van der Waals surface area contributed by atoms with Crippen molar-refractivity contribution in [3.63, 3.8) is 0 Å². The van der Waals surface area contributed by atoms with E-state index in [1.807, 2.05) is 48.3 Å². The lowest BCUT2D eigenvalue weighted by Gasteiger charge is -2.21. The van der Waals surface area contributed by atoms with E-state index < -0.39 is 0 Å². The third-order valence-corrected chi connectivity index (χ3v) is 5.30. The molecule has 1 aliphatic rings. The molecule has 0 radical (unpaired) electrons. The molecule has 1 aromatic heterocycles. The number of hydrogen-bond donors (Lipinski definition) is 2. The topological polar surface area (TPSA) is 77.6 Å². The molecule has 1 aliphatic heterocycles. The van der Waals surface area contributed by atoms with E-state index in [2.05, 4.69) is 15.6 Å². The van der Waals surface area contributed by atoms with Gasteiger partial charge in [0.25, 0.3) is 0 Å². The molecule has 2 N–H and O–H groups in total. The zero-order valence-electron chi connectivity index (χ0n) is 15.2. The zero-order chi connectivity index (χ0) is 18.7. The Morgan fingerprint density at radius 3 is 2.65 bits per heavy atom. The van der Waals surface area contributed by atoms with E-state index in [1.165, 1.54) is 11.3 Å². The van der Waals surface area contributed by atoms with Crippen LogP contribution in [0, 0.1) is 0 Å². The summed E-state index contributed by atoms with van der Waals surface area (Å²) >= 11 is 1.54. The minimum absolute atomic E-state index is 0.149. The number of anilines is 3. The molecular weight excluding hydrogens is 350 g/mol. The second-order valence-corrected chi connectivity index (χ2v) is 7.36. The van der Waals surface area contributed by atoms with Crippen molar-refractivity contribution in [3.8, 4) is 0 Å². The predicted molar refractivity (Wildman–Crippen MR) is 105 cm³/mol. The predicted octanol–water partition coefficient (Wildman–Crippen LogP) is 3.05. The molecule has 7 nitrogen and oxygen atoms in total. The number of hydrogen-bond acceptors (Lipinski definition) is 5. The Balaban J connectivity index is 1.53. The maximum Gasteiger partial charge on any atom is 0.319 e. The SMILES string of the molecule is CC1CCC(=O)N1c1ccc(NC(=O)NCc2csc(N(C)C)n2)cc1. The molecule has 2 heterocycles. The smallest absolute Gasteiger partial charge is 0.319 e. The molecule has 0 aliphatic carbocycles. The van der Waals surface area contributed by atoms with E-state index in [-0.39, 0.29) is 18.0 Å². The van der Waals surface area contributed by atoms with Crippen LogP contribution in [0.1, 0.15) is 25.5 Å². The minimum Gasteiger partial charge on any atom is -0.354 e. The third-order valence-electron chi connectivity index (χ3n) is 4.24. The average Bonchev–Trinajstić information content (AvgIpc) is 3.21. The largest absolute Gasteiger partial charge is 0.354 e. The fourth-order valence-corrected chi connectivity index (χ4v) is 3.62. The first kappa shape index (κ1) is 18.2. The minimum atomic E-state index is -0.289. The number of rotatable bonds is 5. The van der Waals surface area contributed by atoms with Crippen LogP contribution in [0.3, 0.4) is 0 Å². The van der Waals surface area contributed by atoms with Gasteiger partial charge in [0.1, 0.15) is 0 Å². The van der Waals surface area contributed by atoms with Gasteiger partial charge < -0.3 is 20.4 Å². The van der Waals surface area contributed by atoms with Crippen molar-refractivity contribution in [1.29, 1.82) is 0 Å². The zero-order valence-corrected chi connectivity index (χ0v) is 16.0. The number of amides is 3. The van der Waals surface area contributed by atoms with Gasteiger partial charge in [0.05, 0.1) is 12.2 Å². The quantitative estimate of drug-likeness (QED) is 0.844. The number of benzene rings is 1. The van der Waals surface area contributed by atoms with E-state index in [1.54, 1.807) is 12.1 Å². The number of carbonyl (C=O) groups excluding carboxylic acids is 2. The molecule has 1 unspecified atom stereocenters. The first-order valence-electron chi connectivity index (χ1n) is 8.53. The van der Waals surface area contributed by atoms with Gasteiger partial charge in [0.15, 0.2) is 5.13 Å². The van der Waals surface area contributed by atoms with Gasteiger partial charge in [-0.25, -0.2) is 9.78 Å². The molecular formula is C18H23N5O2S. The Labute approximate surface area is 157 Å². The van der Waals surface area contributed by atoms with Gasteiger partial charge in [-0.1, -0.05) is 0 Å². The van der Waals surface area contributed by atoms with Gasteiger partial charge in [-0.15, -0.1) is 11.3 Å². The standard InChI is InChI=1S/C18H23N5O2S/c1-12-4-9-16(24)23(12)15-7-5-13(6-8-15)20-17(25)19-10-14-11-26-18(21-14)22(2)3/h5-8,11-12H,4,9-10H2,1-3H3,(H2,19,20,25). The van der Waals surface area contributed by atoms with Crippen LogP contribution in [-0.2, 0) is 11.3 Å². The summed E-state index contributed by atoms with van der Waals surface area (Å²) in [5.74, 6) is 0.149. The molecule has 1 atom stereocenters. The highest BCUT2D eigenvalue weighted by Crippen LogP contribution is 2.27. The summed E-state index contributed by atoms with van der Waals surface area (Å²) in [6, 6.07) is 7.26. The van der Waals surface area contributed by atoms with Crippen molar-refractivity contribution in [1.82, 2.24) is 10.3 Å². The fraction of sp³-hybridized carbons (Fsp3) is 0.389. The van der Waals surface area contributed by atoms with E-state index in [0.717, 1.165) is 22.9 Å². The molecule has 26 heavy (non-hydrogen) atoms. The number of nitrogens with one attached hydrogen (secondary N) is 2. The van der Waals surface area contributed by atoms with Crippen LogP contribution in [0.25, 0.3) is 0 Å². The van der Waals surface area contributed by atoms with E-state index in [9.17, 15) is 9.59 Å². The second-order valence-electron chi connectivity index (χ2n) is 6.52. The van der Waals surface area contributed by atoms with Gasteiger partial charge in [-0.05, 0) is 37.6 Å². The van der Waals surface area contributed by atoms with E-state index in [0.29, 0.717) is 18.7 Å². The van der Waals surface area contributed by atoms with Crippen LogP contribution in [0.15, 0.2) is 29.6 Å². The Kier molecular flexibility index (Phi) is 5.41. The van der Waals surface area contributed by atoms with Crippen molar-refractivity contribution in [3.05, 3.63) is 35.3 Å². The summed E-state index contributed by atoms with van der Waals surface area (Å²) in [5.41, 5.74) is 2.37. The molecule has 0 bridgehead atoms. The summed E-state index contributed by atoms with van der Waals surface area (Å²) in [5, 5.41) is 8.42. The number of aromatic nitrogens is 1. The summed E-state index contributed by atoms with van der Waals surface area (Å²) < 4.78 is 0. The van der Waals surface area contributed by atoms with Gasteiger partial charge in [-0.3, -0.25) is 4.79 Å². The highest BCUT2D eigenvalue weighted by Gasteiger charge is 2.28. The second kappa shape index (κ2) is 7.74. The summed E-state index contributed by atoms with van der Waals surface area (Å²) in [6.45, 7) is 2.42. The molecule has 3 rings (SSSR count). The first-order chi connectivity index (χ1) is 12.4. The van der Waals surface area contributed by atoms with Crippen LogP contribution >= 0.6 is 11.3 Å². The molecule has 3 amide bonds. The van der Waals surface area contributed by atoms with Crippen LogP contribution in [0.2, 0.25) is 0 Å². The maximum absolute atomic E-state index is 12.1. The lowest BCUT2D eigenvalue weighted by Crippen LogP contribution is -2.30. The number of nitrogens with zero attached hydrogens (tertiary/aromatic N) is 3. The number of carbonyl (C=O) groups is 2. The molecule has 1 aromatic carbocycles. The van der Waals surface area contributed by atoms with Crippen molar-refractivity contribution >= 4 is 39.8 Å². The van der Waals surface area contributed by atoms with E-state index >= 15 is 0 Å². The van der Waals surface area contributed by atoms with Crippen molar-refractivity contribution < 1.29 is 9.59 Å². The van der Waals surface area contributed by atoms with Gasteiger partial charge in [0.2, 0.25) is 5.91 Å². The maximum atomic E-state index is 12.1. The van der Waals surface area contributed by atoms with Crippen molar-refractivity contribution in [2.75, 3.05) is 29.2 Å². The normalized spacial score (nSPS) is 16.7. The summed E-state index contributed by atoms with van der Waals surface area (Å²) in [6.07, 6.45) is 1.48. The van der Waals surface area contributed by atoms with Crippen LogP contribution in [0.4, 0.5) is 21.3 Å². The molecule has 2 aromatic rings. The lowest BCUT2D eigenvalue weighted by atomic mass is 10.2. The average molecular weight is 373 g/mol. The molecule has 138 valence electrons. The Hall–Kier alpha value is -2.61. The number of thiazole rings is 1. The fourth-order valence-electron chi connectivity index (χ4n) is 2.86. The Morgan fingerprint density at radius 2 is 2.08 bits per heavy atom. The van der Waals surface area contributed by atoms with Gasteiger partial charge in [-0.2, -0.15) is 0 Å². The van der Waals surface area contributed by atoms with Crippen molar-refractivity contribution in [2.45, 2.75) is 32.4 Å². The molecule has 0 saturated carbocycles. The third kappa shape index (κ3) is 4.13. The van der Waals surface area contributed by atoms with Crippen molar-refractivity contribution in [2.24, 2.45) is 0 Å². The summed E-state index contributed by atoms with van der Waals surface area (Å²) in [7, 11) is 3.87. The first-order valence-corrected chi connectivity index (χ1v) is 9.40. The summed E-state index contributed by atoms with van der Waals surface area (Å²) in [4.78, 5) is 32.2. The number of urea groups is 1. The van der Waals surface area contributed by atoms with Crippen LogP contribution < -0.4 is 20.4 Å². The molecule has 0 spiro atoms. The van der Waals surface area contributed by atoms with Crippen LogP contribution in [0.5, 0.6) is 0 Å². The van der Waals surface area contributed by atoms with Crippen LogP contribution in [-0.4, -0.2) is 37.1 Å². The molecule has 1 fully saturated rings. The highest BCUT2D eigenvalue weighted by atomic mass is 32.1.